The Labute approximate surface area is 163 Å². The molecule has 28 heavy (non-hydrogen) atoms. The molecule has 0 saturated heterocycles. The molecule has 0 aliphatic carbocycles. The van der Waals surface area contributed by atoms with E-state index < -0.39 is 5.97 Å². The normalized spacial score (nSPS) is 10.4. The Morgan fingerprint density at radius 3 is 2.36 bits per heavy atom. The van der Waals surface area contributed by atoms with Crippen LogP contribution in [0.2, 0.25) is 0 Å². The average molecular weight is 385 g/mol. The minimum absolute atomic E-state index is 0.0103. The molecule has 7 heteroatoms. The van der Waals surface area contributed by atoms with Crippen molar-refractivity contribution in [3.63, 3.8) is 0 Å². The fourth-order valence-electron chi connectivity index (χ4n) is 2.57. The van der Waals surface area contributed by atoms with Gasteiger partial charge in [0.1, 0.15) is 5.75 Å². The number of methoxy groups -OCH3 is 1. The highest BCUT2D eigenvalue weighted by atomic mass is 16.5. The number of carboxylic acids is 1. The van der Waals surface area contributed by atoms with Gasteiger partial charge in [-0.2, -0.15) is 0 Å². The number of carbonyl (C=O) groups excluding carboxylic acids is 2. The molecule has 0 aliphatic rings. The van der Waals surface area contributed by atoms with Crippen LogP contribution in [0.4, 0.5) is 5.69 Å². The number of amides is 1. The number of aromatic carboxylic acids is 1. The third-order valence-corrected chi connectivity index (χ3v) is 3.91. The molecule has 2 aromatic rings. The Morgan fingerprint density at radius 1 is 1.04 bits per heavy atom. The van der Waals surface area contributed by atoms with Crippen molar-refractivity contribution in [1.82, 2.24) is 0 Å². The Kier molecular flexibility index (Phi) is 7.71. The molecule has 0 unspecified atom stereocenters. The van der Waals surface area contributed by atoms with Crippen LogP contribution in [-0.4, -0.2) is 36.5 Å². The van der Waals surface area contributed by atoms with Crippen LogP contribution in [0.5, 0.6) is 5.75 Å². The average Bonchev–Trinajstić information content (AvgIpc) is 2.65. The maximum absolute atomic E-state index is 12.1. The minimum atomic E-state index is -1.07. The van der Waals surface area contributed by atoms with Crippen molar-refractivity contribution < 1.29 is 29.0 Å². The summed E-state index contributed by atoms with van der Waals surface area (Å²) in [5, 5.41) is 11.9. The van der Waals surface area contributed by atoms with E-state index in [9.17, 15) is 19.5 Å². The molecule has 0 spiro atoms. The zero-order chi connectivity index (χ0) is 20.5. The molecule has 2 N–H and O–H groups in total. The summed E-state index contributed by atoms with van der Waals surface area (Å²) in [6.07, 6.45) is 0.715. The van der Waals surface area contributed by atoms with E-state index in [4.69, 9.17) is 9.47 Å². The van der Waals surface area contributed by atoms with Gasteiger partial charge in [0.15, 0.2) is 5.78 Å². The first-order chi connectivity index (χ1) is 13.4. The van der Waals surface area contributed by atoms with E-state index in [-0.39, 0.29) is 30.3 Å². The summed E-state index contributed by atoms with van der Waals surface area (Å²) in [4.78, 5) is 34.6. The topological polar surface area (TPSA) is 102 Å². The zero-order valence-corrected chi connectivity index (χ0v) is 15.9. The van der Waals surface area contributed by atoms with Gasteiger partial charge in [-0.05, 0) is 61.4 Å². The van der Waals surface area contributed by atoms with Crippen LogP contribution in [0.15, 0.2) is 42.5 Å². The number of nitrogens with one attached hydrogen (secondary N) is 1. The number of ether oxygens (including phenoxy) is 2. The summed E-state index contributed by atoms with van der Waals surface area (Å²) in [7, 11) is 1.51. The molecular weight excluding hydrogens is 362 g/mol. The van der Waals surface area contributed by atoms with Crippen molar-refractivity contribution in [2.24, 2.45) is 0 Å². The third-order valence-electron chi connectivity index (χ3n) is 3.91. The number of Topliss-reactive ketones (excluding diaryl/α,β-unsaturated/α-hetero) is 1. The first-order valence-corrected chi connectivity index (χ1v) is 8.79. The second-order valence-electron chi connectivity index (χ2n) is 6.24. The molecule has 0 saturated carbocycles. The number of rotatable bonds is 10. The molecule has 0 radical (unpaired) electrons. The van der Waals surface area contributed by atoms with Crippen LogP contribution in [0.3, 0.4) is 0 Å². The van der Waals surface area contributed by atoms with E-state index in [1.165, 1.54) is 26.2 Å². The lowest BCUT2D eigenvalue weighted by molar-refractivity contribution is -0.116. The van der Waals surface area contributed by atoms with E-state index >= 15 is 0 Å². The second kappa shape index (κ2) is 10.2. The maximum Gasteiger partial charge on any atom is 0.335 e. The molecule has 148 valence electrons. The predicted octanol–water partition coefficient (Wildman–Crippen LogP) is 3.53. The number of hydrogen-bond donors (Lipinski definition) is 2. The number of ketones is 1. The lowest BCUT2D eigenvalue weighted by Gasteiger charge is -2.10. The Balaban J connectivity index is 1.83. The van der Waals surface area contributed by atoms with Crippen LogP contribution in [0, 0.1) is 0 Å². The standard InChI is InChI=1S/C21H23NO6/c1-14(23)16-5-7-19(8-6-16)28-9-3-4-20(24)22-18-11-15(13-27-2)10-17(12-18)21(25)26/h5-8,10-12H,3-4,9,13H2,1-2H3,(H,22,24)(H,25,26). The SMILES string of the molecule is COCc1cc(NC(=O)CCCOc2ccc(C(C)=O)cc2)cc(C(=O)O)c1. The minimum Gasteiger partial charge on any atom is -0.494 e. The molecular formula is C21H23NO6. The predicted molar refractivity (Wildman–Crippen MR) is 104 cm³/mol. The van der Waals surface area contributed by atoms with Crippen LogP contribution in [0.25, 0.3) is 0 Å². The Bertz CT molecular complexity index is 844. The Morgan fingerprint density at radius 2 is 1.75 bits per heavy atom. The highest BCUT2D eigenvalue weighted by Crippen LogP contribution is 2.17. The van der Waals surface area contributed by atoms with Crippen LogP contribution in [0.1, 0.15) is 46.0 Å². The summed E-state index contributed by atoms with van der Waals surface area (Å²) in [5.41, 5.74) is 1.78. The fraction of sp³-hybridized carbons (Fsp3) is 0.286. The second-order valence-corrected chi connectivity index (χ2v) is 6.24. The van der Waals surface area contributed by atoms with Gasteiger partial charge in [-0.25, -0.2) is 4.79 Å². The monoisotopic (exact) mass is 385 g/mol. The van der Waals surface area contributed by atoms with Gasteiger partial charge >= 0.3 is 5.97 Å². The van der Waals surface area contributed by atoms with Crippen molar-refractivity contribution in [2.75, 3.05) is 19.0 Å². The number of carbonyl (C=O) groups is 3. The van der Waals surface area contributed by atoms with E-state index in [1.807, 2.05) is 0 Å². The molecule has 0 aliphatic heterocycles. The van der Waals surface area contributed by atoms with Crippen molar-refractivity contribution in [3.05, 3.63) is 59.2 Å². The van der Waals surface area contributed by atoms with Crippen molar-refractivity contribution in [2.45, 2.75) is 26.4 Å². The summed E-state index contributed by atoms with van der Waals surface area (Å²) < 4.78 is 10.6. The van der Waals surface area contributed by atoms with Gasteiger partial charge < -0.3 is 19.9 Å². The maximum atomic E-state index is 12.1. The van der Waals surface area contributed by atoms with Gasteiger partial charge in [0.2, 0.25) is 5.91 Å². The largest absolute Gasteiger partial charge is 0.494 e. The van der Waals surface area contributed by atoms with Gasteiger partial charge in [0.25, 0.3) is 0 Å². The van der Waals surface area contributed by atoms with E-state index in [0.717, 1.165) is 0 Å². The molecule has 1 amide bonds. The van der Waals surface area contributed by atoms with Crippen LogP contribution >= 0.6 is 0 Å². The molecule has 7 nitrogen and oxygen atoms in total. The number of carboxylic acid groups (broad SMARTS) is 1. The Hall–Kier alpha value is -3.19. The van der Waals surface area contributed by atoms with Crippen molar-refractivity contribution >= 4 is 23.3 Å². The third kappa shape index (κ3) is 6.51. The first kappa shape index (κ1) is 21.1. The van der Waals surface area contributed by atoms with Crippen LogP contribution < -0.4 is 10.1 Å². The van der Waals surface area contributed by atoms with E-state index in [0.29, 0.717) is 35.6 Å². The number of hydrogen-bond acceptors (Lipinski definition) is 5. The summed E-state index contributed by atoms with van der Waals surface area (Å²) in [6.45, 7) is 2.09. The molecule has 2 aromatic carbocycles. The smallest absolute Gasteiger partial charge is 0.335 e. The number of benzene rings is 2. The first-order valence-electron chi connectivity index (χ1n) is 8.79. The van der Waals surface area contributed by atoms with Crippen molar-refractivity contribution in [1.29, 1.82) is 0 Å². The van der Waals surface area contributed by atoms with Crippen molar-refractivity contribution in [3.8, 4) is 5.75 Å². The molecule has 2 rings (SSSR count). The highest BCUT2D eigenvalue weighted by Gasteiger charge is 2.10. The fourth-order valence-corrected chi connectivity index (χ4v) is 2.57. The van der Waals surface area contributed by atoms with E-state index in [1.54, 1.807) is 30.3 Å². The van der Waals surface area contributed by atoms with Crippen LogP contribution in [-0.2, 0) is 16.1 Å². The van der Waals surface area contributed by atoms with Gasteiger partial charge in [-0.1, -0.05) is 0 Å². The van der Waals surface area contributed by atoms with E-state index in [2.05, 4.69) is 5.32 Å². The molecule has 0 heterocycles. The molecule has 0 fully saturated rings. The van der Waals surface area contributed by atoms with Gasteiger partial charge in [0, 0.05) is 24.8 Å². The number of anilines is 1. The molecule has 0 bridgehead atoms. The lowest BCUT2D eigenvalue weighted by atomic mass is 10.1. The summed E-state index contributed by atoms with van der Waals surface area (Å²) in [6, 6.07) is 11.4. The zero-order valence-electron chi connectivity index (χ0n) is 15.9. The quantitative estimate of drug-likeness (QED) is 0.479. The lowest BCUT2D eigenvalue weighted by Crippen LogP contribution is -2.14. The molecule has 0 aromatic heterocycles. The summed E-state index contributed by atoms with van der Waals surface area (Å²) in [5.74, 6) is -0.688. The van der Waals surface area contributed by atoms with Gasteiger partial charge in [-0.15, -0.1) is 0 Å². The van der Waals surface area contributed by atoms with Gasteiger partial charge in [0.05, 0.1) is 18.8 Å². The molecule has 0 atom stereocenters. The highest BCUT2D eigenvalue weighted by molar-refractivity contribution is 5.94. The summed E-state index contributed by atoms with van der Waals surface area (Å²) >= 11 is 0. The van der Waals surface area contributed by atoms with Gasteiger partial charge in [-0.3, -0.25) is 9.59 Å².